The van der Waals surface area contributed by atoms with Crippen molar-refractivity contribution in [3.8, 4) is 5.75 Å². The molecule has 0 aromatic heterocycles. The molecule has 2 heterocycles. The largest absolute Gasteiger partial charge is 0.487 e. The van der Waals surface area contributed by atoms with Gasteiger partial charge < -0.3 is 10.1 Å². The molecule has 0 radical (unpaired) electrons. The molecule has 2 saturated heterocycles. The van der Waals surface area contributed by atoms with E-state index >= 15 is 0 Å². The summed E-state index contributed by atoms with van der Waals surface area (Å²) in [5, 5.41) is 3.55. The first-order valence-corrected chi connectivity index (χ1v) is 6.59. The third kappa shape index (κ3) is 2.34. The van der Waals surface area contributed by atoms with E-state index in [1.54, 1.807) is 0 Å². The number of hydrogen-bond acceptors (Lipinski definition) is 2. The van der Waals surface area contributed by atoms with E-state index in [1.165, 1.54) is 18.6 Å². The quantitative estimate of drug-likeness (QED) is 0.874. The Kier molecular flexibility index (Phi) is 3.20. The minimum absolute atomic E-state index is 0.00199. The van der Waals surface area contributed by atoms with Gasteiger partial charge in [0.25, 0.3) is 0 Å². The van der Waals surface area contributed by atoms with Gasteiger partial charge >= 0.3 is 0 Å². The van der Waals surface area contributed by atoms with Gasteiger partial charge in [0.05, 0.1) is 0 Å². The van der Waals surface area contributed by atoms with Crippen LogP contribution in [0.25, 0.3) is 0 Å². The number of fused-ring (bicyclic) bond motifs is 2. The summed E-state index contributed by atoms with van der Waals surface area (Å²) in [6.07, 6.45) is 5.32. The number of halogens is 2. The van der Waals surface area contributed by atoms with Crippen molar-refractivity contribution < 1.29 is 13.5 Å². The Hall–Kier alpha value is -1.16. The number of ether oxygens (including phenoxy) is 1. The van der Waals surface area contributed by atoms with Gasteiger partial charge in [0.15, 0.2) is 11.6 Å². The van der Waals surface area contributed by atoms with Crippen molar-refractivity contribution in [3.63, 3.8) is 0 Å². The van der Waals surface area contributed by atoms with Crippen LogP contribution in [-0.2, 0) is 0 Å². The summed E-state index contributed by atoms with van der Waals surface area (Å²) in [5.41, 5.74) is 0. The lowest BCUT2D eigenvalue weighted by Crippen LogP contribution is -2.51. The zero-order chi connectivity index (χ0) is 12.5. The molecule has 3 rings (SSSR count). The molecule has 0 spiro atoms. The van der Waals surface area contributed by atoms with Gasteiger partial charge in [-0.25, -0.2) is 4.39 Å². The molecule has 2 fully saturated rings. The number of hydrogen-bond donors (Lipinski definition) is 1. The van der Waals surface area contributed by atoms with E-state index in [0.717, 1.165) is 31.7 Å². The number of rotatable bonds is 2. The van der Waals surface area contributed by atoms with Crippen LogP contribution in [0.2, 0.25) is 0 Å². The molecule has 98 valence electrons. The number of piperidine rings is 2. The fraction of sp³-hybridized carbons (Fsp3) is 0.571. The van der Waals surface area contributed by atoms with Gasteiger partial charge in [0.1, 0.15) is 6.10 Å². The van der Waals surface area contributed by atoms with Crippen molar-refractivity contribution in [1.29, 1.82) is 0 Å². The maximum Gasteiger partial charge on any atom is 0.200 e. The van der Waals surface area contributed by atoms with E-state index in [4.69, 9.17) is 4.74 Å². The zero-order valence-electron chi connectivity index (χ0n) is 10.2. The van der Waals surface area contributed by atoms with Crippen molar-refractivity contribution in [2.45, 2.75) is 50.3 Å². The highest BCUT2D eigenvalue weighted by Gasteiger charge is 2.32. The highest BCUT2D eigenvalue weighted by atomic mass is 19.2. The summed E-state index contributed by atoms with van der Waals surface area (Å²) in [6.45, 7) is 0. The van der Waals surface area contributed by atoms with Crippen LogP contribution in [0.5, 0.6) is 5.75 Å². The van der Waals surface area contributed by atoms with E-state index in [0.29, 0.717) is 12.1 Å². The van der Waals surface area contributed by atoms with Crippen LogP contribution in [0.1, 0.15) is 32.1 Å². The Morgan fingerprint density at radius 1 is 1.11 bits per heavy atom. The van der Waals surface area contributed by atoms with Crippen molar-refractivity contribution in [1.82, 2.24) is 5.32 Å². The van der Waals surface area contributed by atoms with Gasteiger partial charge in [-0.3, -0.25) is 0 Å². The summed E-state index contributed by atoms with van der Waals surface area (Å²) < 4.78 is 32.3. The van der Waals surface area contributed by atoms with Crippen molar-refractivity contribution >= 4 is 0 Å². The minimum Gasteiger partial charge on any atom is -0.487 e. The summed E-state index contributed by atoms with van der Waals surface area (Å²) in [6, 6.07) is 5.03. The van der Waals surface area contributed by atoms with E-state index in [2.05, 4.69) is 5.32 Å². The third-order valence-corrected chi connectivity index (χ3v) is 3.88. The van der Waals surface area contributed by atoms with Crippen molar-refractivity contribution in [3.05, 3.63) is 29.8 Å². The molecular weight excluding hydrogens is 236 g/mol. The van der Waals surface area contributed by atoms with E-state index in [1.807, 2.05) is 0 Å². The van der Waals surface area contributed by atoms with Crippen LogP contribution >= 0.6 is 0 Å². The van der Waals surface area contributed by atoms with Gasteiger partial charge in [0, 0.05) is 12.1 Å². The molecule has 1 aromatic rings. The fourth-order valence-corrected chi connectivity index (χ4v) is 3.06. The highest BCUT2D eigenvalue weighted by Crippen LogP contribution is 2.29. The lowest BCUT2D eigenvalue weighted by molar-refractivity contribution is 0.0886. The van der Waals surface area contributed by atoms with Gasteiger partial charge in [-0.2, -0.15) is 4.39 Å². The third-order valence-electron chi connectivity index (χ3n) is 3.88. The average Bonchev–Trinajstić information content (AvgIpc) is 2.35. The first kappa shape index (κ1) is 11.9. The monoisotopic (exact) mass is 253 g/mol. The second kappa shape index (κ2) is 4.84. The molecule has 1 aromatic carbocycles. The number of benzene rings is 1. The standard InChI is InChI=1S/C14H17F2NO/c15-12-5-2-6-13(14(12)16)18-11-7-9-3-1-4-10(8-11)17-9/h2,5-6,9-11,17H,1,3-4,7-8H2/t9-,10+,11?. The van der Waals surface area contributed by atoms with E-state index < -0.39 is 11.6 Å². The van der Waals surface area contributed by atoms with Crippen LogP contribution < -0.4 is 10.1 Å². The van der Waals surface area contributed by atoms with E-state index in [9.17, 15) is 8.78 Å². The first-order chi connectivity index (χ1) is 8.72. The summed E-state index contributed by atoms with van der Waals surface area (Å²) in [7, 11) is 0. The summed E-state index contributed by atoms with van der Waals surface area (Å²) >= 11 is 0. The molecule has 2 aliphatic heterocycles. The molecule has 1 N–H and O–H groups in total. The molecule has 2 bridgehead atoms. The summed E-state index contributed by atoms with van der Waals surface area (Å²) in [4.78, 5) is 0. The SMILES string of the molecule is Fc1cccc(OC2C[C@H]3CCC[C@@H](C2)N3)c1F. The molecule has 2 nitrogen and oxygen atoms in total. The second-order valence-corrected chi connectivity index (χ2v) is 5.25. The highest BCUT2D eigenvalue weighted by molar-refractivity contribution is 5.25. The van der Waals surface area contributed by atoms with Crippen LogP contribution in [0, 0.1) is 11.6 Å². The summed E-state index contributed by atoms with van der Waals surface area (Å²) in [5.74, 6) is -1.68. The Labute approximate surface area is 105 Å². The van der Waals surface area contributed by atoms with Crippen molar-refractivity contribution in [2.24, 2.45) is 0 Å². The molecule has 3 atom stereocenters. The lowest BCUT2D eigenvalue weighted by Gasteiger charge is -2.40. The van der Waals surface area contributed by atoms with Gasteiger partial charge in [0.2, 0.25) is 5.82 Å². The molecule has 0 saturated carbocycles. The predicted octanol–water partition coefficient (Wildman–Crippen LogP) is 3.02. The molecule has 4 heteroatoms. The van der Waals surface area contributed by atoms with E-state index in [-0.39, 0.29) is 11.9 Å². The lowest BCUT2D eigenvalue weighted by atomic mass is 9.85. The Morgan fingerprint density at radius 3 is 2.56 bits per heavy atom. The molecule has 0 aliphatic carbocycles. The number of nitrogens with one attached hydrogen (secondary N) is 1. The molecular formula is C14H17F2NO. The van der Waals surface area contributed by atoms with Crippen molar-refractivity contribution in [2.75, 3.05) is 0 Å². The molecule has 2 aliphatic rings. The first-order valence-electron chi connectivity index (χ1n) is 6.59. The van der Waals surface area contributed by atoms with Crippen LogP contribution in [0.3, 0.4) is 0 Å². The average molecular weight is 253 g/mol. The Balaban J connectivity index is 1.71. The van der Waals surface area contributed by atoms with Crippen LogP contribution in [0.15, 0.2) is 18.2 Å². The predicted molar refractivity (Wildman–Crippen MR) is 64.6 cm³/mol. The van der Waals surface area contributed by atoms with Gasteiger partial charge in [-0.15, -0.1) is 0 Å². The van der Waals surface area contributed by atoms with Gasteiger partial charge in [-0.1, -0.05) is 12.5 Å². The van der Waals surface area contributed by atoms with Crippen LogP contribution in [-0.4, -0.2) is 18.2 Å². The fourth-order valence-electron chi connectivity index (χ4n) is 3.06. The van der Waals surface area contributed by atoms with Crippen LogP contribution in [0.4, 0.5) is 8.78 Å². The topological polar surface area (TPSA) is 21.3 Å². The normalized spacial score (nSPS) is 31.1. The molecule has 0 amide bonds. The maximum atomic E-state index is 13.5. The molecule has 1 unspecified atom stereocenters. The molecule has 18 heavy (non-hydrogen) atoms. The second-order valence-electron chi connectivity index (χ2n) is 5.25. The minimum atomic E-state index is -0.874. The zero-order valence-corrected chi connectivity index (χ0v) is 10.2. The maximum absolute atomic E-state index is 13.5. The Morgan fingerprint density at radius 2 is 1.83 bits per heavy atom. The van der Waals surface area contributed by atoms with Gasteiger partial charge in [-0.05, 0) is 37.8 Å². The Bertz CT molecular complexity index is 426. The smallest absolute Gasteiger partial charge is 0.200 e.